The molecule has 0 aliphatic carbocycles. The first-order valence-corrected chi connectivity index (χ1v) is 8.20. The minimum absolute atomic E-state index is 0.602. The van der Waals surface area contributed by atoms with Crippen molar-refractivity contribution in [2.24, 2.45) is 0 Å². The second-order valence-electron chi connectivity index (χ2n) is 6.12. The van der Waals surface area contributed by atoms with Crippen molar-refractivity contribution in [2.45, 2.75) is 56.4 Å². The molecule has 0 aromatic heterocycles. The molecular weight excluding hydrogens is 345 g/mol. The van der Waals surface area contributed by atoms with Crippen LogP contribution < -0.4 is 10.6 Å². The number of carboxylic acids is 1. The molecule has 1 aromatic rings. The molecule has 2 unspecified atom stereocenters. The predicted molar refractivity (Wildman–Crippen MR) is 86.4 cm³/mol. The van der Waals surface area contributed by atoms with Gasteiger partial charge in [0.15, 0.2) is 0 Å². The lowest BCUT2D eigenvalue weighted by Crippen LogP contribution is -2.51. The van der Waals surface area contributed by atoms with Gasteiger partial charge in [0.1, 0.15) is 0 Å². The Bertz CT molecular complexity index is 556. The normalized spacial score (nSPS) is 26.1. The molecule has 3 N–H and O–H groups in total. The van der Waals surface area contributed by atoms with E-state index in [0.717, 1.165) is 22.8 Å². The largest absolute Gasteiger partial charge is 0.490 e. The van der Waals surface area contributed by atoms with Crippen LogP contribution in [-0.2, 0) is 4.79 Å². The molecule has 0 spiro atoms. The number of halogens is 4. The fraction of sp³-hybridized carbons (Fsp3) is 0.562. The van der Waals surface area contributed by atoms with Crippen LogP contribution in [0.25, 0.3) is 0 Å². The zero-order valence-electron chi connectivity index (χ0n) is 12.9. The smallest absolute Gasteiger partial charge is 0.475 e. The summed E-state index contributed by atoms with van der Waals surface area (Å²) in [7, 11) is 0. The molecule has 24 heavy (non-hydrogen) atoms. The second kappa shape index (κ2) is 8.07. The Labute approximate surface area is 143 Å². The Kier molecular flexibility index (Phi) is 6.34. The van der Waals surface area contributed by atoms with Gasteiger partial charge < -0.3 is 15.7 Å². The summed E-state index contributed by atoms with van der Waals surface area (Å²) in [5, 5.41) is 15.3. The Morgan fingerprint density at radius 1 is 1.25 bits per heavy atom. The molecule has 1 aromatic carbocycles. The Hall–Kier alpha value is -1.47. The molecule has 2 atom stereocenters. The van der Waals surface area contributed by atoms with E-state index in [9.17, 15) is 13.2 Å². The van der Waals surface area contributed by atoms with Crippen LogP contribution in [0.1, 0.15) is 32.1 Å². The van der Waals surface area contributed by atoms with Crippen molar-refractivity contribution in [3.05, 3.63) is 29.3 Å². The van der Waals surface area contributed by atoms with E-state index in [0.29, 0.717) is 6.04 Å². The topological polar surface area (TPSA) is 61.4 Å². The SMILES string of the molecule is Clc1cccc(NC2CC3CCCC(C2)N3)c1.O=C(O)C(F)(F)F. The van der Waals surface area contributed by atoms with Gasteiger partial charge in [0.05, 0.1) is 0 Å². The number of hydrogen-bond donors (Lipinski definition) is 3. The number of alkyl halides is 3. The van der Waals surface area contributed by atoms with E-state index >= 15 is 0 Å². The highest BCUT2D eigenvalue weighted by Crippen LogP contribution is 2.28. The summed E-state index contributed by atoms with van der Waals surface area (Å²) in [6.45, 7) is 0. The van der Waals surface area contributed by atoms with Gasteiger partial charge in [-0.25, -0.2) is 4.79 Å². The molecule has 134 valence electrons. The maximum atomic E-state index is 10.6. The lowest BCUT2D eigenvalue weighted by Gasteiger charge is -2.40. The van der Waals surface area contributed by atoms with Crippen molar-refractivity contribution >= 4 is 23.3 Å². The van der Waals surface area contributed by atoms with Crippen LogP contribution in [0, 0.1) is 0 Å². The molecule has 2 aliphatic heterocycles. The summed E-state index contributed by atoms with van der Waals surface area (Å²) < 4.78 is 31.7. The first kappa shape index (κ1) is 18.9. The third-order valence-electron chi connectivity index (χ3n) is 4.15. The minimum Gasteiger partial charge on any atom is -0.475 e. The van der Waals surface area contributed by atoms with Gasteiger partial charge in [0.25, 0.3) is 0 Å². The van der Waals surface area contributed by atoms with Gasteiger partial charge in [-0.2, -0.15) is 13.2 Å². The standard InChI is InChI=1S/C14H19ClN2.C2HF3O2/c15-10-3-1-4-11(7-10)17-14-8-12-5-2-6-13(9-14)16-12;3-2(4,5)1(6)7/h1,3-4,7,12-14,16-17H,2,5-6,8-9H2;(H,6,7). The minimum atomic E-state index is -5.08. The maximum absolute atomic E-state index is 10.6. The van der Waals surface area contributed by atoms with Crippen LogP contribution in [0.4, 0.5) is 18.9 Å². The molecule has 0 amide bonds. The molecule has 3 rings (SSSR count). The monoisotopic (exact) mass is 364 g/mol. The number of anilines is 1. The van der Waals surface area contributed by atoms with Gasteiger partial charge in [-0.05, 0) is 43.9 Å². The van der Waals surface area contributed by atoms with Crippen LogP contribution in [-0.4, -0.2) is 35.4 Å². The highest BCUT2D eigenvalue weighted by Gasteiger charge is 2.38. The number of carbonyl (C=O) groups is 1. The highest BCUT2D eigenvalue weighted by atomic mass is 35.5. The number of rotatable bonds is 2. The quantitative estimate of drug-likeness (QED) is 0.740. The number of benzene rings is 1. The molecular formula is C16H20ClF3N2O2. The van der Waals surface area contributed by atoms with Crippen LogP contribution >= 0.6 is 11.6 Å². The van der Waals surface area contributed by atoms with E-state index < -0.39 is 12.1 Å². The van der Waals surface area contributed by atoms with Crippen LogP contribution in [0.5, 0.6) is 0 Å². The number of carboxylic acid groups (broad SMARTS) is 1. The number of fused-ring (bicyclic) bond motifs is 2. The molecule has 4 nitrogen and oxygen atoms in total. The fourth-order valence-electron chi connectivity index (χ4n) is 3.20. The molecule has 2 saturated heterocycles. The zero-order chi connectivity index (χ0) is 17.7. The average molecular weight is 365 g/mol. The van der Waals surface area contributed by atoms with Crippen molar-refractivity contribution in [1.82, 2.24) is 5.32 Å². The van der Waals surface area contributed by atoms with Gasteiger partial charge in [-0.15, -0.1) is 0 Å². The summed E-state index contributed by atoms with van der Waals surface area (Å²) in [6, 6.07) is 10.1. The average Bonchev–Trinajstić information content (AvgIpc) is 2.46. The summed E-state index contributed by atoms with van der Waals surface area (Å²) in [6.07, 6.45) is 1.46. The van der Waals surface area contributed by atoms with E-state index in [1.807, 2.05) is 18.2 Å². The van der Waals surface area contributed by atoms with Crippen LogP contribution in [0.3, 0.4) is 0 Å². The summed E-state index contributed by atoms with van der Waals surface area (Å²) >= 11 is 6.01. The molecule has 2 bridgehead atoms. The summed E-state index contributed by atoms with van der Waals surface area (Å²) in [5.41, 5.74) is 1.16. The number of hydrogen-bond acceptors (Lipinski definition) is 3. The predicted octanol–water partition coefficient (Wildman–Crippen LogP) is 4.06. The summed E-state index contributed by atoms with van der Waals surface area (Å²) in [5.74, 6) is -2.76. The lowest BCUT2D eigenvalue weighted by molar-refractivity contribution is -0.192. The van der Waals surface area contributed by atoms with E-state index in [1.165, 1.54) is 32.1 Å². The van der Waals surface area contributed by atoms with E-state index in [-0.39, 0.29) is 0 Å². The maximum Gasteiger partial charge on any atom is 0.490 e. The summed E-state index contributed by atoms with van der Waals surface area (Å²) in [4.78, 5) is 8.90. The highest BCUT2D eigenvalue weighted by molar-refractivity contribution is 6.30. The number of aliphatic carboxylic acids is 1. The zero-order valence-corrected chi connectivity index (χ0v) is 13.7. The Morgan fingerprint density at radius 2 is 1.83 bits per heavy atom. The van der Waals surface area contributed by atoms with Gasteiger partial charge in [0.2, 0.25) is 0 Å². The van der Waals surface area contributed by atoms with Crippen LogP contribution in [0.15, 0.2) is 24.3 Å². The molecule has 2 aliphatic rings. The van der Waals surface area contributed by atoms with E-state index in [4.69, 9.17) is 21.5 Å². The number of nitrogens with one attached hydrogen (secondary N) is 2. The van der Waals surface area contributed by atoms with Crippen molar-refractivity contribution in [1.29, 1.82) is 0 Å². The van der Waals surface area contributed by atoms with Crippen molar-refractivity contribution in [3.8, 4) is 0 Å². The third kappa shape index (κ3) is 5.87. The van der Waals surface area contributed by atoms with Gasteiger partial charge in [0, 0.05) is 28.8 Å². The Balaban J connectivity index is 0.000000256. The van der Waals surface area contributed by atoms with Gasteiger partial charge >= 0.3 is 12.1 Å². The van der Waals surface area contributed by atoms with Gasteiger partial charge in [-0.3, -0.25) is 0 Å². The molecule has 0 radical (unpaired) electrons. The van der Waals surface area contributed by atoms with Crippen molar-refractivity contribution in [2.75, 3.05) is 5.32 Å². The number of piperidine rings is 2. The molecule has 8 heteroatoms. The van der Waals surface area contributed by atoms with Crippen molar-refractivity contribution in [3.63, 3.8) is 0 Å². The first-order chi connectivity index (χ1) is 11.2. The Morgan fingerprint density at radius 3 is 2.33 bits per heavy atom. The van der Waals surface area contributed by atoms with Crippen molar-refractivity contribution < 1.29 is 23.1 Å². The van der Waals surface area contributed by atoms with E-state index in [2.05, 4.69) is 16.7 Å². The first-order valence-electron chi connectivity index (χ1n) is 7.82. The van der Waals surface area contributed by atoms with Crippen LogP contribution in [0.2, 0.25) is 5.02 Å². The third-order valence-corrected chi connectivity index (χ3v) is 4.39. The second-order valence-corrected chi connectivity index (χ2v) is 6.55. The van der Waals surface area contributed by atoms with E-state index in [1.54, 1.807) is 0 Å². The van der Waals surface area contributed by atoms with Gasteiger partial charge in [-0.1, -0.05) is 24.1 Å². The molecule has 2 heterocycles. The lowest BCUT2D eigenvalue weighted by atomic mass is 9.84. The fourth-order valence-corrected chi connectivity index (χ4v) is 3.39. The molecule has 0 saturated carbocycles. The molecule has 2 fully saturated rings.